The third-order valence-corrected chi connectivity index (χ3v) is 4.75. The van der Waals surface area contributed by atoms with E-state index in [9.17, 15) is 0 Å². The Labute approximate surface area is 129 Å². The highest BCUT2D eigenvalue weighted by molar-refractivity contribution is 9.10. The van der Waals surface area contributed by atoms with Gasteiger partial charge in [0.2, 0.25) is 0 Å². The Balaban J connectivity index is 2.21. The van der Waals surface area contributed by atoms with Gasteiger partial charge in [0.1, 0.15) is 5.75 Å². The van der Waals surface area contributed by atoms with Crippen molar-refractivity contribution in [1.82, 2.24) is 0 Å². The first kappa shape index (κ1) is 15.8. The summed E-state index contributed by atoms with van der Waals surface area (Å²) in [6, 6.07) is 5.75. The van der Waals surface area contributed by atoms with Gasteiger partial charge in [-0.3, -0.25) is 0 Å². The van der Waals surface area contributed by atoms with E-state index in [2.05, 4.69) is 15.9 Å². The van der Waals surface area contributed by atoms with E-state index < -0.39 is 7.12 Å². The molecule has 1 atom stereocenters. The molecule has 20 heavy (non-hydrogen) atoms. The van der Waals surface area contributed by atoms with Gasteiger partial charge in [0.15, 0.2) is 0 Å². The molecule has 6 heteroatoms. The molecule has 0 unspecified atom stereocenters. The Hall–Kier alpha value is -0.555. The maximum absolute atomic E-state index is 6.29. The van der Waals surface area contributed by atoms with Gasteiger partial charge in [0, 0.05) is 0 Å². The average molecular weight is 342 g/mol. The third kappa shape index (κ3) is 2.75. The van der Waals surface area contributed by atoms with E-state index in [1.165, 1.54) is 0 Å². The minimum Gasteiger partial charge on any atom is -0.496 e. The summed E-state index contributed by atoms with van der Waals surface area (Å²) in [6.07, 6.45) is 0. The SMILES string of the molecule is COc1ccc([C@H](N)B2OC(C)(C)C(C)(C)O2)cc1Br. The van der Waals surface area contributed by atoms with Gasteiger partial charge < -0.3 is 19.8 Å². The molecule has 0 saturated carbocycles. The molecule has 1 heterocycles. The minimum atomic E-state index is -0.458. The van der Waals surface area contributed by atoms with Crippen LogP contribution in [0.5, 0.6) is 5.75 Å². The molecule has 1 aromatic carbocycles. The fraction of sp³-hybridized carbons (Fsp3) is 0.571. The van der Waals surface area contributed by atoms with Crippen LogP contribution in [0.25, 0.3) is 0 Å². The highest BCUT2D eigenvalue weighted by Crippen LogP contribution is 2.40. The first-order valence-electron chi connectivity index (χ1n) is 6.62. The zero-order valence-electron chi connectivity index (χ0n) is 12.6. The van der Waals surface area contributed by atoms with Gasteiger partial charge in [-0.25, -0.2) is 0 Å². The van der Waals surface area contributed by atoms with Crippen molar-refractivity contribution in [2.24, 2.45) is 5.73 Å². The predicted molar refractivity (Wildman–Crippen MR) is 83.7 cm³/mol. The van der Waals surface area contributed by atoms with Crippen molar-refractivity contribution in [1.29, 1.82) is 0 Å². The zero-order valence-corrected chi connectivity index (χ0v) is 14.2. The van der Waals surface area contributed by atoms with Gasteiger partial charge in [0.25, 0.3) is 0 Å². The minimum absolute atomic E-state index is 0.349. The van der Waals surface area contributed by atoms with E-state index in [1.807, 2.05) is 45.9 Å². The van der Waals surface area contributed by atoms with Crippen molar-refractivity contribution in [2.75, 3.05) is 7.11 Å². The van der Waals surface area contributed by atoms with E-state index in [-0.39, 0.29) is 17.1 Å². The largest absolute Gasteiger partial charge is 0.496 e. The number of nitrogens with two attached hydrogens (primary N) is 1. The summed E-state index contributed by atoms with van der Waals surface area (Å²) in [6.45, 7) is 8.07. The molecule has 1 aromatic rings. The van der Waals surface area contributed by atoms with Gasteiger partial charge in [0.05, 0.1) is 28.7 Å². The van der Waals surface area contributed by atoms with E-state index >= 15 is 0 Å². The third-order valence-electron chi connectivity index (χ3n) is 4.13. The predicted octanol–water partition coefficient (Wildman–Crippen LogP) is 3.09. The zero-order chi connectivity index (χ0) is 15.1. The molecule has 2 N–H and O–H groups in total. The van der Waals surface area contributed by atoms with Crippen molar-refractivity contribution in [3.63, 3.8) is 0 Å². The lowest BCUT2D eigenvalue weighted by Crippen LogP contribution is -2.41. The quantitative estimate of drug-likeness (QED) is 0.858. The second kappa shape index (κ2) is 5.33. The summed E-state index contributed by atoms with van der Waals surface area (Å²) in [7, 11) is 1.17. The van der Waals surface area contributed by atoms with Crippen molar-refractivity contribution < 1.29 is 14.0 Å². The Kier molecular flexibility index (Phi) is 4.22. The lowest BCUT2D eigenvalue weighted by Gasteiger charge is -2.32. The first-order valence-corrected chi connectivity index (χ1v) is 7.42. The van der Waals surface area contributed by atoms with E-state index in [0.717, 1.165) is 15.8 Å². The van der Waals surface area contributed by atoms with Gasteiger partial charge in [-0.1, -0.05) is 6.07 Å². The van der Waals surface area contributed by atoms with Gasteiger partial charge >= 0.3 is 7.12 Å². The lowest BCUT2D eigenvalue weighted by atomic mass is 9.75. The van der Waals surface area contributed by atoms with Crippen LogP contribution >= 0.6 is 15.9 Å². The summed E-state index contributed by atoms with van der Waals surface area (Å²) in [5.41, 5.74) is 6.48. The molecule has 0 radical (unpaired) electrons. The van der Waals surface area contributed by atoms with Crippen molar-refractivity contribution in [2.45, 2.75) is 44.8 Å². The number of rotatable bonds is 3. The molecule has 110 valence electrons. The monoisotopic (exact) mass is 341 g/mol. The number of ether oxygens (including phenoxy) is 1. The topological polar surface area (TPSA) is 53.7 Å². The summed E-state index contributed by atoms with van der Waals surface area (Å²) in [5, 5.41) is 0. The second-order valence-corrected chi connectivity index (χ2v) is 6.90. The Morgan fingerprint density at radius 3 is 2.20 bits per heavy atom. The molecule has 0 bridgehead atoms. The van der Waals surface area contributed by atoms with Crippen molar-refractivity contribution >= 4 is 23.0 Å². The molecule has 0 aromatic heterocycles. The first-order chi connectivity index (χ1) is 9.18. The molecule has 1 fully saturated rings. The average Bonchev–Trinajstić information content (AvgIpc) is 2.57. The van der Waals surface area contributed by atoms with Crippen LogP contribution in [0.2, 0.25) is 0 Å². The smallest absolute Gasteiger partial charge is 0.480 e. The lowest BCUT2D eigenvalue weighted by molar-refractivity contribution is 0.00578. The second-order valence-electron chi connectivity index (χ2n) is 6.04. The fourth-order valence-corrected chi connectivity index (χ4v) is 2.64. The molecule has 0 amide bonds. The highest BCUT2D eigenvalue weighted by Gasteiger charge is 2.53. The number of hydrogen-bond donors (Lipinski definition) is 1. The molecule has 4 nitrogen and oxygen atoms in total. The van der Waals surface area contributed by atoms with Crippen LogP contribution in [-0.2, 0) is 9.31 Å². The van der Waals surface area contributed by atoms with Gasteiger partial charge in [-0.15, -0.1) is 0 Å². The van der Waals surface area contributed by atoms with Crippen LogP contribution < -0.4 is 10.5 Å². The Morgan fingerprint density at radius 2 is 1.75 bits per heavy atom. The molecular weight excluding hydrogens is 321 g/mol. The van der Waals surface area contributed by atoms with Crippen LogP contribution in [0.15, 0.2) is 22.7 Å². The van der Waals surface area contributed by atoms with Gasteiger partial charge in [-0.05, 0) is 61.3 Å². The Bertz CT molecular complexity index is 491. The molecule has 1 aliphatic heterocycles. The van der Waals surface area contributed by atoms with Crippen molar-refractivity contribution in [3.05, 3.63) is 28.2 Å². The number of hydrogen-bond acceptors (Lipinski definition) is 4. The van der Waals surface area contributed by atoms with Crippen LogP contribution in [0.1, 0.15) is 39.2 Å². The summed E-state index contributed by atoms with van der Waals surface area (Å²) < 4.78 is 18.1. The van der Waals surface area contributed by atoms with Crippen LogP contribution in [0.4, 0.5) is 0 Å². The van der Waals surface area contributed by atoms with Gasteiger partial charge in [-0.2, -0.15) is 0 Å². The molecule has 1 aliphatic rings. The fourth-order valence-electron chi connectivity index (χ4n) is 2.08. The Morgan fingerprint density at radius 1 is 1.20 bits per heavy atom. The summed E-state index contributed by atoms with van der Waals surface area (Å²) in [4.78, 5) is 0. The summed E-state index contributed by atoms with van der Waals surface area (Å²) in [5.74, 6) is 0.424. The molecule has 2 rings (SSSR count). The van der Waals surface area contributed by atoms with Crippen LogP contribution in [0.3, 0.4) is 0 Å². The maximum Gasteiger partial charge on any atom is 0.480 e. The van der Waals surface area contributed by atoms with Crippen LogP contribution in [-0.4, -0.2) is 25.4 Å². The molecule has 0 aliphatic carbocycles. The number of methoxy groups -OCH3 is 1. The standard InChI is InChI=1S/C14H21BBrNO3/c1-13(2)14(3,4)20-15(19-13)12(17)9-6-7-11(18-5)10(16)8-9/h6-8,12H,17H2,1-5H3/t12-/m0/s1. The molecular formula is C14H21BBrNO3. The molecule has 0 spiro atoms. The van der Waals surface area contributed by atoms with E-state index in [0.29, 0.717) is 0 Å². The number of benzene rings is 1. The summed E-state index contributed by atoms with van der Waals surface area (Å²) >= 11 is 3.47. The normalized spacial score (nSPS) is 21.9. The van der Waals surface area contributed by atoms with E-state index in [1.54, 1.807) is 7.11 Å². The molecule has 1 saturated heterocycles. The maximum atomic E-state index is 6.29. The van der Waals surface area contributed by atoms with Crippen molar-refractivity contribution in [3.8, 4) is 5.75 Å². The number of halogens is 1. The van der Waals surface area contributed by atoms with Crippen LogP contribution in [0, 0.1) is 0 Å². The van der Waals surface area contributed by atoms with E-state index in [4.69, 9.17) is 19.8 Å². The highest BCUT2D eigenvalue weighted by atomic mass is 79.9.